The highest BCUT2D eigenvalue weighted by molar-refractivity contribution is 7.81. The van der Waals surface area contributed by atoms with Gasteiger partial charge in [0.25, 0.3) is 0 Å². The van der Waals surface area contributed by atoms with Crippen molar-refractivity contribution in [1.82, 2.24) is 0 Å². The minimum absolute atomic E-state index is 0.0624. The summed E-state index contributed by atoms with van der Waals surface area (Å²) in [6.07, 6.45) is 11.6. The minimum Gasteiger partial charge on any atom is -0.264 e. The van der Waals surface area contributed by atoms with Gasteiger partial charge in [0.05, 0.1) is 12.7 Å². The molecule has 0 radical (unpaired) electrons. The summed E-state index contributed by atoms with van der Waals surface area (Å²) in [4.78, 5) is 0. The lowest BCUT2D eigenvalue weighted by atomic mass is 9.44. The van der Waals surface area contributed by atoms with Crippen molar-refractivity contribution in [2.45, 2.75) is 111 Å². The molecular weight excluding hydrogens is 516 g/mol. The first kappa shape index (κ1) is 29.7. The summed E-state index contributed by atoms with van der Waals surface area (Å²) in [5.74, 6) is 3.33. The fraction of sp³-hybridized carbons (Fsp3) is 1.00. The predicted octanol–water partition coefficient (Wildman–Crippen LogP) is 6.10. The Balaban J connectivity index is 1.48. The van der Waals surface area contributed by atoms with Crippen molar-refractivity contribution in [1.29, 1.82) is 0 Å². The van der Waals surface area contributed by atoms with Gasteiger partial charge in [-0.3, -0.25) is 9.11 Å². The summed E-state index contributed by atoms with van der Waals surface area (Å²) >= 11 is 0. The molecule has 4 saturated carbocycles. The molecule has 0 spiro atoms. The summed E-state index contributed by atoms with van der Waals surface area (Å²) < 4.78 is 73.9. The Kier molecular flexibility index (Phi) is 8.80. The third kappa shape index (κ3) is 6.56. The highest BCUT2D eigenvalue weighted by Crippen LogP contribution is 2.68. The van der Waals surface area contributed by atoms with Crippen LogP contribution in [0.5, 0.6) is 0 Å². The van der Waals surface area contributed by atoms with E-state index in [1.807, 2.05) is 0 Å². The second-order valence-corrected chi connectivity index (χ2v) is 15.7. The molecule has 4 aliphatic rings. The summed E-state index contributed by atoms with van der Waals surface area (Å²) in [7, 11) is -8.89. The van der Waals surface area contributed by atoms with Crippen LogP contribution in [0, 0.1) is 52.3 Å². The lowest BCUT2D eigenvalue weighted by Crippen LogP contribution is -2.54. The Morgan fingerprint density at radius 1 is 0.838 bits per heavy atom. The van der Waals surface area contributed by atoms with E-state index in [0.717, 1.165) is 64.2 Å². The van der Waals surface area contributed by atoms with Gasteiger partial charge >= 0.3 is 20.8 Å². The normalized spacial score (nSPS) is 41.2. The van der Waals surface area contributed by atoms with Crippen LogP contribution >= 0.6 is 0 Å². The van der Waals surface area contributed by atoms with E-state index in [1.54, 1.807) is 0 Å². The van der Waals surface area contributed by atoms with E-state index < -0.39 is 26.9 Å². The van der Waals surface area contributed by atoms with E-state index in [0.29, 0.717) is 48.3 Å². The third-order valence-corrected chi connectivity index (χ3v) is 12.3. The van der Waals surface area contributed by atoms with Gasteiger partial charge in [-0.1, -0.05) is 40.5 Å². The molecule has 0 aromatic rings. The van der Waals surface area contributed by atoms with Gasteiger partial charge in [-0.2, -0.15) is 16.8 Å². The van der Waals surface area contributed by atoms with Crippen LogP contribution in [0.1, 0.15) is 105 Å². The average molecular weight is 565 g/mol. The van der Waals surface area contributed by atoms with Crippen LogP contribution in [0.3, 0.4) is 0 Å². The molecule has 0 heterocycles. The van der Waals surface area contributed by atoms with Crippen LogP contribution in [-0.4, -0.2) is 38.7 Å². The Hall–Kier alpha value is -0.260. The van der Waals surface area contributed by atoms with Crippen LogP contribution < -0.4 is 0 Å². The summed E-state index contributed by atoms with van der Waals surface area (Å²) in [5.41, 5.74) is 0.298. The monoisotopic (exact) mass is 564 g/mol. The van der Waals surface area contributed by atoms with Gasteiger partial charge in [0.1, 0.15) is 0 Å². The Morgan fingerprint density at radius 2 is 1.51 bits per heavy atom. The number of hydrogen-bond donors (Lipinski definition) is 2. The molecule has 9 atom stereocenters. The fourth-order valence-electron chi connectivity index (χ4n) is 9.66. The number of hydrogen-bond acceptors (Lipinski definition) is 6. The first-order valence-corrected chi connectivity index (χ1v) is 17.1. The lowest BCUT2D eigenvalue weighted by molar-refractivity contribution is -0.128. The van der Waals surface area contributed by atoms with Gasteiger partial charge in [-0.15, -0.1) is 0 Å². The highest BCUT2D eigenvalue weighted by atomic mass is 32.3. The van der Waals surface area contributed by atoms with Gasteiger partial charge in [-0.25, -0.2) is 8.37 Å². The van der Waals surface area contributed by atoms with Crippen molar-refractivity contribution >= 4 is 20.8 Å². The first-order chi connectivity index (χ1) is 17.1. The van der Waals surface area contributed by atoms with E-state index in [-0.39, 0.29) is 23.4 Å². The topological polar surface area (TPSA) is 127 Å². The molecule has 3 unspecified atom stereocenters. The second kappa shape index (κ2) is 11.0. The fourth-order valence-corrected chi connectivity index (χ4v) is 10.5. The Morgan fingerprint density at radius 3 is 2.16 bits per heavy atom. The maximum Gasteiger partial charge on any atom is 0.397 e. The van der Waals surface area contributed by atoms with Gasteiger partial charge in [-0.05, 0) is 116 Å². The molecule has 0 aromatic heterocycles. The molecule has 4 rings (SSSR count). The lowest BCUT2D eigenvalue weighted by Gasteiger charge is -2.61. The molecule has 0 saturated heterocycles. The molecule has 0 aromatic carbocycles. The molecule has 0 amide bonds. The maximum absolute atomic E-state index is 11.4. The molecule has 4 fully saturated rings. The average Bonchev–Trinajstić information content (AvgIpc) is 3.11. The van der Waals surface area contributed by atoms with Crippen LogP contribution in [-0.2, 0) is 29.2 Å². The van der Waals surface area contributed by atoms with Crippen molar-refractivity contribution in [2.75, 3.05) is 6.61 Å². The molecular formula is C27H48O8S2. The largest absolute Gasteiger partial charge is 0.397 e. The number of fused-ring (bicyclic) bond motifs is 5. The molecule has 216 valence electrons. The molecule has 4 aliphatic carbocycles. The summed E-state index contributed by atoms with van der Waals surface area (Å²) in [6.45, 7) is 9.31. The SMILES string of the molecule is CC(C)CCC[C@@H](COS(=O)(=O)O)[C@H]1CCC2C3CC[C@H]4C[C@H](OS(=O)(=O)O)CC[C@]4(C)C3CC[C@@]21C. The van der Waals surface area contributed by atoms with E-state index in [2.05, 4.69) is 27.7 Å². The maximum atomic E-state index is 11.4. The zero-order chi connectivity index (χ0) is 27.2. The standard InChI is InChI=1S/C27H48O8S2/c1-18(2)6-5-7-19(17-34-36(28,29)30)23-10-11-24-22-9-8-20-16-21(35-37(31,32)33)12-14-26(20,3)25(22)13-15-27(23,24)4/h18-25H,5-17H2,1-4H3,(H,28,29,30)(H,31,32,33)/t19-,20-,21+,22?,23+,24?,25?,26-,27+/m0/s1. The van der Waals surface area contributed by atoms with Gasteiger partial charge in [0, 0.05) is 0 Å². The van der Waals surface area contributed by atoms with Gasteiger partial charge in [0.2, 0.25) is 0 Å². The third-order valence-electron chi connectivity index (χ3n) is 11.3. The summed E-state index contributed by atoms with van der Waals surface area (Å²) in [6, 6.07) is 0. The van der Waals surface area contributed by atoms with E-state index in [4.69, 9.17) is 8.37 Å². The quantitative estimate of drug-likeness (QED) is 0.305. The second-order valence-electron chi connectivity index (χ2n) is 13.6. The predicted molar refractivity (Wildman–Crippen MR) is 141 cm³/mol. The van der Waals surface area contributed by atoms with E-state index >= 15 is 0 Å². The molecule has 8 nitrogen and oxygen atoms in total. The van der Waals surface area contributed by atoms with Crippen LogP contribution in [0.4, 0.5) is 0 Å². The molecule has 2 N–H and O–H groups in total. The number of rotatable bonds is 10. The zero-order valence-corrected chi connectivity index (χ0v) is 24.6. The molecule has 10 heteroatoms. The Bertz CT molecular complexity index is 1010. The molecule has 0 bridgehead atoms. The van der Waals surface area contributed by atoms with Crippen molar-refractivity contribution in [3.05, 3.63) is 0 Å². The summed E-state index contributed by atoms with van der Waals surface area (Å²) in [5, 5.41) is 0. The highest BCUT2D eigenvalue weighted by Gasteiger charge is 2.61. The Labute approximate surface area is 224 Å². The first-order valence-electron chi connectivity index (χ1n) is 14.4. The van der Waals surface area contributed by atoms with Crippen molar-refractivity contribution in [2.24, 2.45) is 52.3 Å². The van der Waals surface area contributed by atoms with Crippen LogP contribution in [0.25, 0.3) is 0 Å². The van der Waals surface area contributed by atoms with E-state index in [9.17, 15) is 25.9 Å². The van der Waals surface area contributed by atoms with Gasteiger partial charge < -0.3 is 0 Å². The minimum atomic E-state index is -4.46. The van der Waals surface area contributed by atoms with Gasteiger partial charge in [0.15, 0.2) is 0 Å². The van der Waals surface area contributed by atoms with Crippen molar-refractivity contribution in [3.63, 3.8) is 0 Å². The van der Waals surface area contributed by atoms with Crippen molar-refractivity contribution in [3.8, 4) is 0 Å². The van der Waals surface area contributed by atoms with Crippen molar-refractivity contribution < 1.29 is 34.3 Å². The molecule has 37 heavy (non-hydrogen) atoms. The smallest absolute Gasteiger partial charge is 0.264 e. The van der Waals surface area contributed by atoms with E-state index in [1.165, 1.54) is 0 Å². The van der Waals surface area contributed by atoms with Crippen LogP contribution in [0.15, 0.2) is 0 Å². The zero-order valence-electron chi connectivity index (χ0n) is 23.0. The molecule has 0 aliphatic heterocycles. The van der Waals surface area contributed by atoms with Crippen LogP contribution in [0.2, 0.25) is 0 Å².